The maximum absolute atomic E-state index is 12.9. The van der Waals surface area contributed by atoms with Gasteiger partial charge >= 0.3 is 0 Å². The molecule has 3 aromatic rings. The highest BCUT2D eigenvalue weighted by atomic mass is 16.5. The average Bonchev–Trinajstić information content (AvgIpc) is 2.84. The fourth-order valence-electron chi connectivity index (χ4n) is 3.40. The molecule has 174 valence electrons. The van der Waals surface area contributed by atoms with Crippen molar-refractivity contribution in [2.45, 2.75) is 39.7 Å². The average molecular weight is 453 g/mol. The summed E-state index contributed by atoms with van der Waals surface area (Å²) < 4.78 is 12.0. The predicted octanol–water partition coefficient (Wildman–Crippen LogP) is 3.07. The molecule has 0 unspecified atom stereocenters. The van der Waals surface area contributed by atoms with Gasteiger partial charge in [-0.2, -0.15) is 5.10 Å². The van der Waals surface area contributed by atoms with E-state index in [-0.39, 0.29) is 16.8 Å². The molecule has 33 heavy (non-hydrogen) atoms. The minimum absolute atomic E-state index is 0.0618. The SMILES string of the molecule is CCCCCn1nc(C(=O)NNC(=O)c2ccc(OC)c(OCC)c2)c2ccccc2c1=O. The Kier molecular flexibility index (Phi) is 8.01. The second kappa shape index (κ2) is 11.1. The number of hydrazine groups is 1. The number of nitrogens with one attached hydrogen (secondary N) is 2. The van der Waals surface area contributed by atoms with Crippen LogP contribution in [0.5, 0.6) is 11.5 Å². The number of aryl methyl sites for hydroxylation is 1. The number of nitrogens with zero attached hydrogens (tertiary/aromatic N) is 2. The Bertz CT molecular complexity index is 1210. The van der Waals surface area contributed by atoms with E-state index in [1.54, 1.807) is 36.4 Å². The van der Waals surface area contributed by atoms with Crippen molar-refractivity contribution in [1.29, 1.82) is 0 Å². The third kappa shape index (κ3) is 5.49. The molecule has 0 saturated heterocycles. The van der Waals surface area contributed by atoms with Crippen LogP contribution < -0.4 is 25.9 Å². The number of amides is 2. The summed E-state index contributed by atoms with van der Waals surface area (Å²) >= 11 is 0. The van der Waals surface area contributed by atoms with Crippen LogP contribution in [0.4, 0.5) is 0 Å². The van der Waals surface area contributed by atoms with Crippen LogP contribution in [0, 0.1) is 0 Å². The maximum atomic E-state index is 12.9. The second-order valence-corrected chi connectivity index (χ2v) is 7.34. The number of rotatable bonds is 9. The summed E-state index contributed by atoms with van der Waals surface area (Å²) in [7, 11) is 1.51. The van der Waals surface area contributed by atoms with Crippen molar-refractivity contribution in [2.24, 2.45) is 0 Å². The van der Waals surface area contributed by atoms with E-state index in [2.05, 4.69) is 22.9 Å². The van der Waals surface area contributed by atoms with Gasteiger partial charge in [-0.1, -0.05) is 38.0 Å². The number of unbranched alkanes of at least 4 members (excludes halogenated alkanes) is 2. The Balaban J connectivity index is 1.82. The van der Waals surface area contributed by atoms with Crippen LogP contribution in [0.2, 0.25) is 0 Å². The minimum Gasteiger partial charge on any atom is -0.493 e. The molecule has 3 rings (SSSR count). The number of carbonyl (C=O) groups is 2. The molecule has 2 aromatic carbocycles. The highest BCUT2D eigenvalue weighted by Gasteiger charge is 2.18. The van der Waals surface area contributed by atoms with Crippen LogP contribution in [0.25, 0.3) is 10.8 Å². The molecule has 9 heteroatoms. The molecule has 0 radical (unpaired) electrons. The monoisotopic (exact) mass is 452 g/mol. The number of methoxy groups -OCH3 is 1. The van der Waals surface area contributed by atoms with Crippen LogP contribution >= 0.6 is 0 Å². The number of carbonyl (C=O) groups excluding carboxylic acids is 2. The summed E-state index contributed by atoms with van der Waals surface area (Å²) in [5.74, 6) is -0.237. The summed E-state index contributed by atoms with van der Waals surface area (Å²) in [5.41, 5.74) is 4.88. The van der Waals surface area contributed by atoms with E-state index < -0.39 is 11.8 Å². The van der Waals surface area contributed by atoms with Crippen LogP contribution in [0.1, 0.15) is 54.0 Å². The molecule has 1 aromatic heterocycles. The fraction of sp³-hybridized carbons (Fsp3) is 0.333. The molecule has 9 nitrogen and oxygen atoms in total. The Morgan fingerprint density at radius 2 is 1.70 bits per heavy atom. The lowest BCUT2D eigenvalue weighted by Crippen LogP contribution is -2.42. The van der Waals surface area contributed by atoms with Crippen molar-refractivity contribution in [3.8, 4) is 11.5 Å². The van der Waals surface area contributed by atoms with Gasteiger partial charge in [0.15, 0.2) is 17.2 Å². The van der Waals surface area contributed by atoms with E-state index in [9.17, 15) is 14.4 Å². The molecule has 0 bridgehead atoms. The summed E-state index contributed by atoms with van der Waals surface area (Å²) in [6.45, 7) is 4.71. The first-order chi connectivity index (χ1) is 16.0. The molecular formula is C24H28N4O5. The molecule has 0 fully saturated rings. The molecule has 0 aliphatic heterocycles. The standard InChI is InChI=1S/C24H28N4O5/c1-4-6-9-14-28-24(31)18-11-8-7-10-17(18)21(27-28)23(30)26-25-22(29)16-12-13-19(32-3)20(15-16)33-5-2/h7-8,10-13,15H,4-6,9,14H2,1-3H3,(H,25,29)(H,26,30). The molecule has 2 N–H and O–H groups in total. The third-order valence-corrected chi connectivity index (χ3v) is 5.07. The highest BCUT2D eigenvalue weighted by molar-refractivity contribution is 6.06. The van der Waals surface area contributed by atoms with Gasteiger partial charge in [-0.15, -0.1) is 0 Å². The van der Waals surface area contributed by atoms with Gasteiger partial charge in [0.05, 0.1) is 19.1 Å². The van der Waals surface area contributed by atoms with Gasteiger partial charge in [0.2, 0.25) is 0 Å². The van der Waals surface area contributed by atoms with Crippen molar-refractivity contribution in [1.82, 2.24) is 20.6 Å². The van der Waals surface area contributed by atoms with Crippen molar-refractivity contribution in [2.75, 3.05) is 13.7 Å². The van der Waals surface area contributed by atoms with Crippen molar-refractivity contribution in [3.05, 3.63) is 64.1 Å². The second-order valence-electron chi connectivity index (χ2n) is 7.34. The Hall–Kier alpha value is -3.88. The minimum atomic E-state index is -0.623. The first kappa shape index (κ1) is 23.8. The third-order valence-electron chi connectivity index (χ3n) is 5.07. The first-order valence-electron chi connectivity index (χ1n) is 10.9. The van der Waals surface area contributed by atoms with Crippen LogP contribution in [0.3, 0.4) is 0 Å². The molecule has 0 aliphatic carbocycles. The van der Waals surface area contributed by atoms with Crippen molar-refractivity contribution in [3.63, 3.8) is 0 Å². The van der Waals surface area contributed by atoms with Gasteiger partial charge in [-0.3, -0.25) is 25.2 Å². The van der Waals surface area contributed by atoms with Gasteiger partial charge < -0.3 is 9.47 Å². The molecule has 0 saturated carbocycles. The molecule has 0 aliphatic rings. The van der Waals surface area contributed by atoms with Gasteiger partial charge in [0.25, 0.3) is 17.4 Å². The molecule has 1 heterocycles. The Morgan fingerprint density at radius 3 is 2.39 bits per heavy atom. The lowest BCUT2D eigenvalue weighted by atomic mass is 10.1. The van der Waals surface area contributed by atoms with Gasteiger partial charge in [0, 0.05) is 17.5 Å². The lowest BCUT2D eigenvalue weighted by molar-refractivity contribution is 0.0843. The quantitative estimate of drug-likeness (QED) is 0.381. The largest absolute Gasteiger partial charge is 0.493 e. The molecular weight excluding hydrogens is 424 g/mol. The number of benzene rings is 2. The van der Waals surface area contributed by atoms with Gasteiger partial charge in [-0.05, 0) is 37.6 Å². The smallest absolute Gasteiger partial charge is 0.290 e. The highest BCUT2D eigenvalue weighted by Crippen LogP contribution is 2.28. The number of ether oxygens (including phenoxy) is 2. The zero-order chi connectivity index (χ0) is 23.8. The molecule has 0 spiro atoms. The zero-order valence-electron chi connectivity index (χ0n) is 19.0. The van der Waals surface area contributed by atoms with Crippen LogP contribution in [-0.4, -0.2) is 35.3 Å². The molecule has 0 atom stereocenters. The van der Waals surface area contributed by atoms with Crippen molar-refractivity contribution >= 4 is 22.6 Å². The van der Waals surface area contributed by atoms with E-state index in [1.807, 2.05) is 6.92 Å². The first-order valence-corrected chi connectivity index (χ1v) is 10.9. The van der Waals surface area contributed by atoms with Crippen molar-refractivity contribution < 1.29 is 19.1 Å². The zero-order valence-corrected chi connectivity index (χ0v) is 19.0. The maximum Gasteiger partial charge on any atom is 0.290 e. The molecule has 2 amide bonds. The summed E-state index contributed by atoms with van der Waals surface area (Å²) in [6.07, 6.45) is 2.72. The lowest BCUT2D eigenvalue weighted by Gasteiger charge is -2.13. The topological polar surface area (TPSA) is 112 Å². The number of aromatic nitrogens is 2. The Labute approximate surface area is 191 Å². The van der Waals surface area contributed by atoms with Crippen LogP contribution in [0.15, 0.2) is 47.3 Å². The Morgan fingerprint density at radius 1 is 0.970 bits per heavy atom. The van der Waals surface area contributed by atoms with E-state index in [0.29, 0.717) is 35.4 Å². The van der Waals surface area contributed by atoms with Crippen LogP contribution in [-0.2, 0) is 6.54 Å². The van der Waals surface area contributed by atoms with E-state index >= 15 is 0 Å². The number of fused-ring (bicyclic) bond motifs is 1. The van der Waals surface area contributed by atoms with Gasteiger partial charge in [0.1, 0.15) is 0 Å². The van der Waals surface area contributed by atoms with E-state index in [4.69, 9.17) is 9.47 Å². The fourth-order valence-corrected chi connectivity index (χ4v) is 3.40. The number of hydrogen-bond donors (Lipinski definition) is 2. The normalized spacial score (nSPS) is 10.6. The van der Waals surface area contributed by atoms with E-state index in [1.165, 1.54) is 17.9 Å². The van der Waals surface area contributed by atoms with E-state index in [0.717, 1.165) is 19.3 Å². The summed E-state index contributed by atoms with van der Waals surface area (Å²) in [5, 5.41) is 5.11. The summed E-state index contributed by atoms with van der Waals surface area (Å²) in [6, 6.07) is 11.5. The number of hydrogen-bond acceptors (Lipinski definition) is 6. The summed E-state index contributed by atoms with van der Waals surface area (Å²) in [4.78, 5) is 38.3. The van der Waals surface area contributed by atoms with Gasteiger partial charge in [-0.25, -0.2) is 4.68 Å². The predicted molar refractivity (Wildman–Crippen MR) is 125 cm³/mol.